The van der Waals surface area contributed by atoms with Gasteiger partial charge in [-0.05, 0) is 12.1 Å². The van der Waals surface area contributed by atoms with Gasteiger partial charge in [0.2, 0.25) is 4.96 Å². The Morgan fingerprint density at radius 2 is 2.00 bits per heavy atom. The van der Waals surface area contributed by atoms with E-state index in [0.717, 1.165) is 21.2 Å². The van der Waals surface area contributed by atoms with Crippen molar-refractivity contribution in [3.05, 3.63) is 41.0 Å². The summed E-state index contributed by atoms with van der Waals surface area (Å²) in [6, 6.07) is 7.62. The molecule has 0 radical (unpaired) electrons. The second-order valence-corrected chi connectivity index (χ2v) is 4.35. The van der Waals surface area contributed by atoms with Gasteiger partial charge in [-0.25, -0.2) is 9.50 Å². The van der Waals surface area contributed by atoms with Gasteiger partial charge in [0, 0.05) is 10.6 Å². The molecule has 3 rings (SSSR count). The van der Waals surface area contributed by atoms with Crippen LogP contribution in [0.5, 0.6) is 0 Å². The van der Waals surface area contributed by atoms with Crippen LogP contribution in [0.2, 0.25) is 5.02 Å². The van der Waals surface area contributed by atoms with Crippen LogP contribution in [0, 0.1) is 0 Å². The van der Waals surface area contributed by atoms with E-state index in [1.807, 2.05) is 30.5 Å². The molecular formula is C10H6ClN3S. The van der Waals surface area contributed by atoms with Gasteiger partial charge in [0.15, 0.2) is 0 Å². The van der Waals surface area contributed by atoms with Crippen molar-refractivity contribution in [2.75, 3.05) is 0 Å². The Bertz CT molecular complexity index is 568. The Morgan fingerprint density at radius 3 is 2.73 bits per heavy atom. The Hall–Kier alpha value is -1.39. The van der Waals surface area contributed by atoms with Crippen molar-refractivity contribution < 1.29 is 0 Å². The monoisotopic (exact) mass is 235 g/mol. The SMILES string of the molecule is Clc1ccc(-c2cn3ncsc3n2)cc1. The second kappa shape index (κ2) is 3.32. The molecule has 0 N–H and O–H groups in total. The Kier molecular flexibility index (Phi) is 1.97. The van der Waals surface area contributed by atoms with E-state index >= 15 is 0 Å². The van der Waals surface area contributed by atoms with Crippen molar-refractivity contribution in [2.45, 2.75) is 0 Å². The first-order valence-corrected chi connectivity index (χ1v) is 5.63. The lowest BCUT2D eigenvalue weighted by Gasteiger charge is -1.94. The van der Waals surface area contributed by atoms with Crippen LogP contribution in [0.4, 0.5) is 0 Å². The molecule has 0 bridgehead atoms. The highest BCUT2D eigenvalue weighted by molar-refractivity contribution is 7.14. The average Bonchev–Trinajstić information content (AvgIpc) is 2.78. The lowest BCUT2D eigenvalue weighted by molar-refractivity contribution is 0.974. The number of nitrogens with zero attached hydrogens (tertiary/aromatic N) is 3. The fraction of sp³-hybridized carbons (Fsp3) is 0. The third-order valence-corrected chi connectivity index (χ3v) is 3.07. The van der Waals surface area contributed by atoms with Crippen molar-refractivity contribution >= 4 is 27.9 Å². The number of aromatic nitrogens is 3. The highest BCUT2D eigenvalue weighted by Crippen LogP contribution is 2.21. The summed E-state index contributed by atoms with van der Waals surface area (Å²) in [5.41, 5.74) is 3.75. The Labute approximate surface area is 95.0 Å². The van der Waals surface area contributed by atoms with Crippen LogP contribution in [0.25, 0.3) is 16.2 Å². The summed E-state index contributed by atoms with van der Waals surface area (Å²) in [7, 11) is 0. The molecule has 2 aromatic heterocycles. The van der Waals surface area contributed by atoms with Crippen molar-refractivity contribution in [2.24, 2.45) is 0 Å². The summed E-state index contributed by atoms with van der Waals surface area (Å²) in [4.78, 5) is 5.35. The molecule has 0 aliphatic heterocycles. The normalized spacial score (nSPS) is 11.0. The van der Waals surface area contributed by atoms with Gasteiger partial charge >= 0.3 is 0 Å². The molecule has 3 nitrogen and oxygen atoms in total. The largest absolute Gasteiger partial charge is 0.217 e. The van der Waals surface area contributed by atoms with Gasteiger partial charge in [0.1, 0.15) is 5.51 Å². The van der Waals surface area contributed by atoms with Crippen molar-refractivity contribution in [1.82, 2.24) is 14.6 Å². The molecule has 0 amide bonds. The summed E-state index contributed by atoms with van der Waals surface area (Å²) < 4.78 is 1.77. The number of rotatable bonds is 1. The summed E-state index contributed by atoms with van der Waals surface area (Å²) in [6.45, 7) is 0. The van der Waals surface area contributed by atoms with Gasteiger partial charge < -0.3 is 0 Å². The summed E-state index contributed by atoms with van der Waals surface area (Å²) in [5.74, 6) is 0. The molecule has 0 spiro atoms. The number of benzene rings is 1. The van der Waals surface area contributed by atoms with E-state index < -0.39 is 0 Å². The van der Waals surface area contributed by atoms with Crippen molar-refractivity contribution in [1.29, 1.82) is 0 Å². The van der Waals surface area contributed by atoms with Gasteiger partial charge in [-0.1, -0.05) is 35.1 Å². The fourth-order valence-corrected chi connectivity index (χ4v) is 2.13. The predicted molar refractivity (Wildman–Crippen MR) is 61.3 cm³/mol. The predicted octanol–water partition coefficient (Wildman–Crippen LogP) is 3.11. The number of imidazole rings is 1. The fourth-order valence-electron chi connectivity index (χ4n) is 1.40. The highest BCUT2D eigenvalue weighted by Gasteiger charge is 2.05. The maximum atomic E-state index is 5.82. The number of fused-ring (bicyclic) bond motifs is 1. The van der Waals surface area contributed by atoms with Gasteiger partial charge in [-0.2, -0.15) is 5.10 Å². The molecule has 0 aliphatic carbocycles. The van der Waals surface area contributed by atoms with Crippen molar-refractivity contribution in [3.8, 4) is 11.3 Å². The number of hydrogen-bond acceptors (Lipinski definition) is 3. The quantitative estimate of drug-likeness (QED) is 0.649. The van der Waals surface area contributed by atoms with E-state index in [-0.39, 0.29) is 0 Å². The van der Waals surface area contributed by atoms with Crippen molar-refractivity contribution in [3.63, 3.8) is 0 Å². The molecular weight excluding hydrogens is 230 g/mol. The lowest BCUT2D eigenvalue weighted by Crippen LogP contribution is -1.77. The summed E-state index contributed by atoms with van der Waals surface area (Å²) >= 11 is 7.34. The van der Waals surface area contributed by atoms with Gasteiger partial charge in [0.05, 0.1) is 11.9 Å². The van der Waals surface area contributed by atoms with Crippen LogP contribution in [0.3, 0.4) is 0 Å². The van der Waals surface area contributed by atoms with E-state index in [0.29, 0.717) is 0 Å². The Balaban J connectivity index is 2.13. The average molecular weight is 236 g/mol. The van der Waals surface area contributed by atoms with Crippen LogP contribution >= 0.6 is 22.9 Å². The third-order valence-electron chi connectivity index (χ3n) is 2.13. The highest BCUT2D eigenvalue weighted by atomic mass is 35.5. The molecule has 2 heterocycles. The molecule has 15 heavy (non-hydrogen) atoms. The molecule has 0 saturated heterocycles. The lowest BCUT2D eigenvalue weighted by atomic mass is 10.2. The molecule has 0 unspecified atom stereocenters. The minimum atomic E-state index is 0.734. The zero-order chi connectivity index (χ0) is 10.3. The smallest absolute Gasteiger partial charge is 0.212 e. The minimum absolute atomic E-state index is 0.734. The topological polar surface area (TPSA) is 30.2 Å². The molecule has 0 atom stereocenters. The van der Waals surface area contributed by atoms with Crippen LogP contribution in [-0.4, -0.2) is 14.6 Å². The zero-order valence-corrected chi connectivity index (χ0v) is 9.16. The van der Waals surface area contributed by atoms with Gasteiger partial charge in [-0.3, -0.25) is 0 Å². The van der Waals surface area contributed by atoms with E-state index in [9.17, 15) is 0 Å². The molecule has 0 fully saturated rings. The second-order valence-electron chi connectivity index (χ2n) is 3.10. The van der Waals surface area contributed by atoms with Crippen LogP contribution in [-0.2, 0) is 0 Å². The van der Waals surface area contributed by atoms with E-state index in [2.05, 4.69) is 10.1 Å². The van der Waals surface area contributed by atoms with E-state index in [4.69, 9.17) is 11.6 Å². The van der Waals surface area contributed by atoms with E-state index in [1.165, 1.54) is 11.3 Å². The number of hydrogen-bond donors (Lipinski definition) is 0. The first-order chi connectivity index (χ1) is 7.33. The van der Waals surface area contributed by atoms with Gasteiger partial charge in [-0.15, -0.1) is 0 Å². The molecule has 3 aromatic rings. The van der Waals surface area contributed by atoms with Crippen LogP contribution < -0.4 is 0 Å². The molecule has 0 saturated carbocycles. The maximum Gasteiger partial charge on any atom is 0.212 e. The molecule has 1 aromatic carbocycles. The maximum absolute atomic E-state index is 5.82. The number of halogens is 1. The van der Waals surface area contributed by atoms with Crippen LogP contribution in [0.15, 0.2) is 36.0 Å². The molecule has 74 valence electrons. The third kappa shape index (κ3) is 1.52. The summed E-state index contributed by atoms with van der Waals surface area (Å²) in [6.07, 6.45) is 1.91. The first kappa shape index (κ1) is 8.88. The minimum Gasteiger partial charge on any atom is -0.217 e. The van der Waals surface area contributed by atoms with E-state index in [1.54, 1.807) is 10.0 Å². The first-order valence-electron chi connectivity index (χ1n) is 4.38. The standard InChI is InChI=1S/C10H6ClN3S/c11-8-3-1-7(2-4-8)9-5-14-10(13-9)15-6-12-14/h1-6H. The van der Waals surface area contributed by atoms with Crippen LogP contribution in [0.1, 0.15) is 0 Å². The Morgan fingerprint density at radius 1 is 1.20 bits per heavy atom. The zero-order valence-electron chi connectivity index (χ0n) is 7.59. The summed E-state index contributed by atoms with van der Waals surface area (Å²) in [5, 5.41) is 4.86. The molecule has 0 aliphatic rings. The molecule has 5 heteroatoms. The van der Waals surface area contributed by atoms with Gasteiger partial charge in [0.25, 0.3) is 0 Å².